The summed E-state index contributed by atoms with van der Waals surface area (Å²) in [6.07, 6.45) is 2.63. The number of ether oxygens (including phenoxy) is 1. The molecule has 1 amide bonds. The Morgan fingerprint density at radius 2 is 1.66 bits per heavy atom. The van der Waals surface area contributed by atoms with Crippen molar-refractivity contribution in [2.24, 2.45) is 5.10 Å². The number of hydrogen-bond acceptors (Lipinski definition) is 5. The van der Waals surface area contributed by atoms with Gasteiger partial charge >= 0.3 is 0 Å². The zero-order chi connectivity index (χ0) is 23.1. The molecule has 0 unspecified atom stereocenters. The second-order valence-electron chi connectivity index (χ2n) is 6.96. The van der Waals surface area contributed by atoms with E-state index >= 15 is 0 Å². The number of nitrogens with zero attached hydrogens (tertiary/aromatic N) is 2. The lowest BCUT2D eigenvalue weighted by Crippen LogP contribution is -2.25. The second-order valence-corrected chi connectivity index (χ2v) is 9.41. The van der Waals surface area contributed by atoms with Crippen LogP contribution in [0.3, 0.4) is 0 Å². The molecule has 0 spiro atoms. The van der Waals surface area contributed by atoms with E-state index in [4.69, 9.17) is 16.3 Å². The van der Waals surface area contributed by atoms with Gasteiger partial charge in [0, 0.05) is 17.6 Å². The summed E-state index contributed by atoms with van der Waals surface area (Å²) < 4.78 is 30.0. The highest BCUT2D eigenvalue weighted by Crippen LogP contribution is 2.17. The molecule has 0 bridgehead atoms. The van der Waals surface area contributed by atoms with Crippen LogP contribution in [0.4, 0.5) is 5.69 Å². The molecule has 9 heteroatoms. The molecule has 0 aliphatic heterocycles. The van der Waals surface area contributed by atoms with Gasteiger partial charge in [-0.1, -0.05) is 23.7 Å². The average Bonchev–Trinajstić information content (AvgIpc) is 2.78. The third-order valence-corrected chi connectivity index (χ3v) is 6.03. The van der Waals surface area contributed by atoms with Crippen LogP contribution in [0.25, 0.3) is 0 Å². The molecule has 7 nitrogen and oxygen atoms in total. The number of benzene rings is 3. The summed E-state index contributed by atoms with van der Waals surface area (Å²) in [7, 11) is -1.91. The number of carbonyl (C=O) groups excluding carboxylic acids is 1. The van der Waals surface area contributed by atoms with E-state index in [1.54, 1.807) is 12.1 Å². The largest absolute Gasteiger partial charge is 0.489 e. The van der Waals surface area contributed by atoms with Crippen LogP contribution in [-0.2, 0) is 16.6 Å². The van der Waals surface area contributed by atoms with E-state index in [0.717, 1.165) is 21.7 Å². The first-order chi connectivity index (χ1) is 15.2. The zero-order valence-electron chi connectivity index (χ0n) is 17.5. The fourth-order valence-corrected chi connectivity index (χ4v) is 3.27. The molecule has 0 atom stereocenters. The van der Waals surface area contributed by atoms with Crippen molar-refractivity contribution < 1.29 is 17.9 Å². The molecular weight excluding hydrogens is 450 g/mol. The van der Waals surface area contributed by atoms with Gasteiger partial charge in [0.25, 0.3) is 5.91 Å². The average molecular weight is 472 g/mol. The maximum Gasteiger partial charge on any atom is 0.271 e. The SMILES string of the molecule is CN(c1ccc(C(=O)N/N=C\c2ccc(OCc3ccc(Cl)cc3)cc2)cc1)S(C)(=O)=O. The van der Waals surface area contributed by atoms with Crippen LogP contribution in [0.1, 0.15) is 21.5 Å². The number of halogens is 1. The predicted molar refractivity (Wildman–Crippen MR) is 127 cm³/mol. The lowest BCUT2D eigenvalue weighted by atomic mass is 10.2. The van der Waals surface area contributed by atoms with Crippen LogP contribution in [0.15, 0.2) is 77.9 Å². The first-order valence-electron chi connectivity index (χ1n) is 9.57. The van der Waals surface area contributed by atoms with Crippen LogP contribution in [-0.4, -0.2) is 33.8 Å². The monoisotopic (exact) mass is 471 g/mol. The molecule has 0 aliphatic carbocycles. The van der Waals surface area contributed by atoms with E-state index < -0.39 is 15.9 Å². The van der Waals surface area contributed by atoms with Gasteiger partial charge in [-0.2, -0.15) is 5.10 Å². The standard InChI is InChI=1S/C23H22ClN3O4S/c1-27(32(2,29)30)21-11-7-19(8-12-21)23(28)26-25-15-17-5-13-22(14-6-17)31-16-18-3-9-20(24)10-4-18/h3-15H,16H2,1-2H3,(H,26,28)/b25-15-. The normalized spacial score (nSPS) is 11.3. The van der Waals surface area contributed by atoms with Crippen molar-refractivity contribution in [1.82, 2.24) is 5.43 Å². The number of anilines is 1. The van der Waals surface area contributed by atoms with Gasteiger partial charge in [0.15, 0.2) is 0 Å². The van der Waals surface area contributed by atoms with Crippen LogP contribution >= 0.6 is 11.6 Å². The summed E-state index contributed by atoms with van der Waals surface area (Å²) in [5.41, 5.74) is 5.07. The Balaban J connectivity index is 1.51. The Morgan fingerprint density at radius 1 is 1.03 bits per heavy atom. The lowest BCUT2D eigenvalue weighted by Gasteiger charge is -2.16. The molecule has 0 aromatic heterocycles. The van der Waals surface area contributed by atoms with Crippen molar-refractivity contribution in [3.8, 4) is 5.75 Å². The highest BCUT2D eigenvalue weighted by Gasteiger charge is 2.12. The van der Waals surface area contributed by atoms with Gasteiger partial charge in [0.05, 0.1) is 18.2 Å². The Bertz CT molecular complexity index is 1190. The molecule has 3 rings (SSSR count). The molecule has 0 heterocycles. The van der Waals surface area contributed by atoms with Gasteiger partial charge in [0.1, 0.15) is 12.4 Å². The van der Waals surface area contributed by atoms with Crippen LogP contribution in [0.5, 0.6) is 5.75 Å². The van der Waals surface area contributed by atoms with E-state index in [-0.39, 0.29) is 0 Å². The molecule has 0 aliphatic rings. The summed E-state index contributed by atoms with van der Waals surface area (Å²) in [6, 6.07) is 20.9. The summed E-state index contributed by atoms with van der Waals surface area (Å²) in [6.45, 7) is 0.430. The summed E-state index contributed by atoms with van der Waals surface area (Å²) in [5, 5.41) is 4.64. The van der Waals surface area contributed by atoms with Gasteiger partial charge in [-0.05, 0) is 71.8 Å². The minimum Gasteiger partial charge on any atom is -0.489 e. The minimum atomic E-state index is -3.36. The molecule has 32 heavy (non-hydrogen) atoms. The summed E-state index contributed by atoms with van der Waals surface area (Å²) >= 11 is 5.87. The van der Waals surface area contributed by atoms with E-state index in [9.17, 15) is 13.2 Å². The fourth-order valence-electron chi connectivity index (χ4n) is 2.64. The van der Waals surface area contributed by atoms with E-state index in [0.29, 0.717) is 28.6 Å². The number of rotatable bonds is 8. The Hall–Kier alpha value is -3.36. The zero-order valence-corrected chi connectivity index (χ0v) is 19.1. The predicted octanol–water partition coefficient (Wildman–Crippen LogP) is 4.08. The molecule has 0 saturated carbocycles. The fraction of sp³-hybridized carbons (Fsp3) is 0.130. The number of carbonyl (C=O) groups is 1. The topological polar surface area (TPSA) is 88.1 Å². The molecular formula is C23H22ClN3O4S. The van der Waals surface area contributed by atoms with Crippen LogP contribution in [0.2, 0.25) is 5.02 Å². The van der Waals surface area contributed by atoms with Crippen molar-refractivity contribution in [2.75, 3.05) is 17.6 Å². The van der Waals surface area contributed by atoms with Crippen molar-refractivity contribution in [3.63, 3.8) is 0 Å². The lowest BCUT2D eigenvalue weighted by molar-refractivity contribution is 0.0955. The number of sulfonamides is 1. The van der Waals surface area contributed by atoms with Gasteiger partial charge in [0.2, 0.25) is 10.0 Å². The highest BCUT2D eigenvalue weighted by atomic mass is 35.5. The third kappa shape index (κ3) is 6.57. The molecule has 0 fully saturated rings. The van der Waals surface area contributed by atoms with E-state index in [1.165, 1.54) is 25.4 Å². The van der Waals surface area contributed by atoms with Gasteiger partial charge < -0.3 is 4.74 Å². The van der Waals surface area contributed by atoms with Crippen molar-refractivity contribution in [2.45, 2.75) is 6.61 Å². The van der Waals surface area contributed by atoms with E-state index in [1.807, 2.05) is 48.5 Å². The van der Waals surface area contributed by atoms with Crippen molar-refractivity contribution in [3.05, 3.63) is 94.5 Å². The second kappa shape index (κ2) is 10.3. The number of hydrogen-bond donors (Lipinski definition) is 1. The Kier molecular flexibility index (Phi) is 7.50. The number of nitrogens with one attached hydrogen (secondary N) is 1. The van der Waals surface area contributed by atoms with Crippen molar-refractivity contribution >= 4 is 39.4 Å². The first-order valence-corrected chi connectivity index (χ1v) is 11.8. The molecule has 166 valence electrons. The van der Waals surface area contributed by atoms with Crippen molar-refractivity contribution in [1.29, 1.82) is 0 Å². The van der Waals surface area contributed by atoms with Crippen LogP contribution < -0.4 is 14.5 Å². The Labute approximate surface area is 192 Å². The van der Waals surface area contributed by atoms with Gasteiger partial charge in [-0.3, -0.25) is 9.10 Å². The van der Waals surface area contributed by atoms with E-state index in [2.05, 4.69) is 10.5 Å². The number of amides is 1. The highest BCUT2D eigenvalue weighted by molar-refractivity contribution is 7.92. The smallest absolute Gasteiger partial charge is 0.271 e. The summed E-state index contributed by atoms with van der Waals surface area (Å²) in [4.78, 5) is 12.2. The first kappa shape index (κ1) is 23.3. The quantitative estimate of drug-likeness (QED) is 0.396. The summed E-state index contributed by atoms with van der Waals surface area (Å²) in [5.74, 6) is 0.304. The maximum absolute atomic E-state index is 12.2. The van der Waals surface area contributed by atoms with Gasteiger partial charge in [-0.25, -0.2) is 13.8 Å². The molecule has 0 radical (unpaired) electrons. The van der Waals surface area contributed by atoms with Gasteiger partial charge in [-0.15, -0.1) is 0 Å². The minimum absolute atomic E-state index is 0.360. The molecule has 3 aromatic rings. The maximum atomic E-state index is 12.2. The number of hydrazone groups is 1. The molecule has 3 aromatic carbocycles. The molecule has 0 saturated heterocycles. The molecule has 1 N–H and O–H groups in total. The Morgan fingerprint density at radius 3 is 2.25 bits per heavy atom. The van der Waals surface area contributed by atoms with Crippen LogP contribution in [0, 0.1) is 0 Å². The third-order valence-electron chi connectivity index (χ3n) is 4.57.